The number of ether oxygens (including phenoxy) is 1. The van der Waals surface area contributed by atoms with Crippen molar-refractivity contribution in [1.29, 1.82) is 0 Å². The van der Waals surface area contributed by atoms with Crippen LogP contribution < -0.4 is 20.4 Å². The van der Waals surface area contributed by atoms with Gasteiger partial charge in [-0.3, -0.25) is 0 Å². The van der Waals surface area contributed by atoms with Crippen molar-refractivity contribution in [3.8, 4) is 17.0 Å². The number of hydrogen-bond donors (Lipinski definition) is 1. The lowest BCUT2D eigenvalue weighted by atomic mass is 9.77. The number of anilines is 1. The van der Waals surface area contributed by atoms with E-state index in [0.717, 1.165) is 47.8 Å². The van der Waals surface area contributed by atoms with Crippen LogP contribution in [0.2, 0.25) is 0 Å². The zero-order chi connectivity index (χ0) is 25.6. The lowest BCUT2D eigenvalue weighted by Gasteiger charge is -2.32. The maximum absolute atomic E-state index is 6.24. The van der Waals surface area contributed by atoms with Crippen molar-refractivity contribution in [1.82, 2.24) is 10.3 Å². The fourth-order valence-corrected chi connectivity index (χ4v) is 4.89. The van der Waals surface area contributed by atoms with Crippen LogP contribution in [0.3, 0.4) is 0 Å². The molecule has 2 fully saturated rings. The molecule has 0 spiro atoms. The van der Waals surface area contributed by atoms with E-state index in [2.05, 4.69) is 89.0 Å². The Balaban J connectivity index is 0.00000141. The molecule has 1 N–H and O–H groups in total. The molecule has 4 heterocycles. The third-order valence-electron chi connectivity index (χ3n) is 7.30. The fourth-order valence-electron chi connectivity index (χ4n) is 4.89. The first-order chi connectivity index (χ1) is 16.4. The highest BCUT2D eigenvalue weighted by molar-refractivity contribution is 6.62. The Labute approximate surface area is 211 Å². The quantitative estimate of drug-likeness (QED) is 0.630. The SMILES string of the molecule is CC.CC(C)(C)NC1CCN(c2ccc3c(n2)OCc2cc(B4OC(C)(C)C(C)(C)O4)ccc2-3)C1. The van der Waals surface area contributed by atoms with Crippen LogP contribution in [0, 0.1) is 0 Å². The molecule has 190 valence electrons. The molecule has 0 radical (unpaired) electrons. The molecule has 0 amide bonds. The molecule has 0 aliphatic carbocycles. The Bertz CT molecular complexity index is 1050. The molecule has 5 rings (SSSR count). The fraction of sp³-hybridized carbons (Fsp3) is 0.607. The van der Waals surface area contributed by atoms with Crippen LogP contribution in [0.15, 0.2) is 30.3 Å². The van der Waals surface area contributed by atoms with Crippen molar-refractivity contribution in [3.05, 3.63) is 35.9 Å². The van der Waals surface area contributed by atoms with Gasteiger partial charge >= 0.3 is 7.12 Å². The van der Waals surface area contributed by atoms with Gasteiger partial charge in [-0.15, -0.1) is 0 Å². The predicted molar refractivity (Wildman–Crippen MR) is 145 cm³/mol. The van der Waals surface area contributed by atoms with Gasteiger partial charge in [0.2, 0.25) is 5.88 Å². The third kappa shape index (κ3) is 5.23. The van der Waals surface area contributed by atoms with E-state index in [-0.39, 0.29) is 23.9 Å². The van der Waals surface area contributed by atoms with Crippen LogP contribution in [0.4, 0.5) is 5.82 Å². The normalized spacial score (nSPS) is 22.1. The highest BCUT2D eigenvalue weighted by Crippen LogP contribution is 2.39. The first kappa shape index (κ1) is 26.0. The zero-order valence-electron chi connectivity index (χ0n) is 23.0. The second-order valence-corrected chi connectivity index (χ2v) is 11.6. The van der Waals surface area contributed by atoms with Crippen LogP contribution in [-0.4, -0.2) is 48.0 Å². The minimum absolute atomic E-state index is 0.121. The molecule has 1 atom stereocenters. The molecule has 1 aromatic carbocycles. The Morgan fingerprint density at radius 3 is 2.31 bits per heavy atom. The molecule has 2 aromatic rings. The minimum atomic E-state index is -0.369. The number of hydrogen-bond acceptors (Lipinski definition) is 6. The number of nitrogens with zero attached hydrogens (tertiary/aromatic N) is 2. The highest BCUT2D eigenvalue weighted by atomic mass is 16.7. The molecule has 0 bridgehead atoms. The van der Waals surface area contributed by atoms with Crippen molar-refractivity contribution < 1.29 is 14.0 Å². The van der Waals surface area contributed by atoms with Gasteiger partial charge in [0.25, 0.3) is 0 Å². The van der Waals surface area contributed by atoms with Crippen molar-refractivity contribution in [2.75, 3.05) is 18.0 Å². The average Bonchev–Trinajstić information content (AvgIpc) is 3.33. The smallest absolute Gasteiger partial charge is 0.472 e. The number of nitrogens with one attached hydrogen (secondary N) is 1. The summed E-state index contributed by atoms with van der Waals surface area (Å²) in [5, 5.41) is 3.71. The van der Waals surface area contributed by atoms with Gasteiger partial charge in [0, 0.05) is 30.2 Å². The molecule has 7 heteroatoms. The van der Waals surface area contributed by atoms with E-state index < -0.39 is 0 Å². The topological polar surface area (TPSA) is 55.9 Å². The number of benzene rings is 1. The summed E-state index contributed by atoms with van der Waals surface area (Å²) in [5.41, 5.74) is 3.80. The van der Waals surface area contributed by atoms with Crippen molar-refractivity contribution in [3.63, 3.8) is 0 Å². The van der Waals surface area contributed by atoms with Crippen LogP contribution in [0.1, 0.15) is 74.3 Å². The molecule has 6 nitrogen and oxygen atoms in total. The van der Waals surface area contributed by atoms with Crippen molar-refractivity contribution in [2.24, 2.45) is 0 Å². The summed E-state index contributed by atoms with van der Waals surface area (Å²) in [5.74, 6) is 1.71. The van der Waals surface area contributed by atoms with E-state index in [9.17, 15) is 0 Å². The Morgan fingerprint density at radius 1 is 1.00 bits per heavy atom. The van der Waals surface area contributed by atoms with Gasteiger partial charge in [-0.2, -0.15) is 4.98 Å². The molecule has 1 aromatic heterocycles. The summed E-state index contributed by atoms with van der Waals surface area (Å²) in [6.07, 6.45) is 1.13. The summed E-state index contributed by atoms with van der Waals surface area (Å²) in [7, 11) is -0.369. The number of rotatable bonds is 3. The average molecular weight is 479 g/mol. The molecule has 3 aliphatic rings. The van der Waals surface area contributed by atoms with Crippen molar-refractivity contribution >= 4 is 18.4 Å². The molecular weight excluding hydrogens is 437 g/mol. The molecule has 2 saturated heterocycles. The van der Waals surface area contributed by atoms with E-state index in [1.807, 2.05) is 13.8 Å². The van der Waals surface area contributed by atoms with Gasteiger partial charge < -0.3 is 24.3 Å². The van der Waals surface area contributed by atoms with E-state index in [1.54, 1.807) is 0 Å². The summed E-state index contributed by atoms with van der Waals surface area (Å²) in [4.78, 5) is 7.24. The standard InChI is InChI=1S/C26H36BN3O3.C2H6/c1-24(2,3)29-19-12-13-30(15-19)22-11-10-21-20-9-8-18(14-17(20)16-31-23(21)28-22)27-32-25(4,5)26(6,7)33-27;1-2/h8-11,14,19,29H,12-13,15-16H2,1-7H3;1-2H3. The maximum Gasteiger partial charge on any atom is 0.494 e. The Kier molecular flexibility index (Phi) is 6.99. The van der Waals surface area contributed by atoms with E-state index in [4.69, 9.17) is 19.0 Å². The first-order valence-electron chi connectivity index (χ1n) is 13.1. The first-order valence-corrected chi connectivity index (χ1v) is 13.1. The lowest BCUT2D eigenvalue weighted by molar-refractivity contribution is 0.00578. The van der Waals surface area contributed by atoms with Crippen LogP contribution >= 0.6 is 0 Å². The van der Waals surface area contributed by atoms with Gasteiger partial charge in [-0.05, 0) is 83.6 Å². The third-order valence-corrected chi connectivity index (χ3v) is 7.30. The lowest BCUT2D eigenvalue weighted by Crippen LogP contribution is -2.44. The monoisotopic (exact) mass is 479 g/mol. The van der Waals surface area contributed by atoms with Gasteiger partial charge in [0.15, 0.2) is 0 Å². The van der Waals surface area contributed by atoms with Gasteiger partial charge in [-0.1, -0.05) is 32.0 Å². The van der Waals surface area contributed by atoms with Crippen LogP contribution in [0.5, 0.6) is 5.88 Å². The number of aromatic nitrogens is 1. The van der Waals surface area contributed by atoms with E-state index in [0.29, 0.717) is 12.6 Å². The Hall–Kier alpha value is -2.09. The molecule has 0 saturated carbocycles. The number of pyridine rings is 1. The largest absolute Gasteiger partial charge is 0.494 e. The Morgan fingerprint density at radius 2 is 1.66 bits per heavy atom. The van der Waals surface area contributed by atoms with Crippen LogP contribution in [-0.2, 0) is 15.9 Å². The molecule has 35 heavy (non-hydrogen) atoms. The van der Waals surface area contributed by atoms with E-state index >= 15 is 0 Å². The van der Waals surface area contributed by atoms with Crippen molar-refractivity contribution in [2.45, 2.75) is 98.1 Å². The van der Waals surface area contributed by atoms with Gasteiger partial charge in [0.05, 0.1) is 11.2 Å². The van der Waals surface area contributed by atoms with Gasteiger partial charge in [-0.25, -0.2) is 0 Å². The summed E-state index contributed by atoms with van der Waals surface area (Å²) < 4.78 is 18.6. The summed E-state index contributed by atoms with van der Waals surface area (Å²) in [6.45, 7) is 21.4. The highest BCUT2D eigenvalue weighted by Gasteiger charge is 2.51. The predicted octanol–water partition coefficient (Wildman–Crippen LogP) is 4.93. The number of fused-ring (bicyclic) bond motifs is 3. The summed E-state index contributed by atoms with van der Waals surface area (Å²) >= 11 is 0. The summed E-state index contributed by atoms with van der Waals surface area (Å²) in [6, 6.07) is 11.2. The minimum Gasteiger partial charge on any atom is -0.472 e. The zero-order valence-corrected chi connectivity index (χ0v) is 23.0. The second kappa shape index (κ2) is 9.42. The second-order valence-electron chi connectivity index (χ2n) is 11.6. The maximum atomic E-state index is 6.24. The van der Waals surface area contributed by atoms with E-state index in [1.165, 1.54) is 5.56 Å². The molecule has 1 unspecified atom stereocenters. The molecule has 3 aliphatic heterocycles. The van der Waals surface area contributed by atoms with Crippen LogP contribution in [0.25, 0.3) is 11.1 Å². The van der Waals surface area contributed by atoms with Gasteiger partial charge in [0.1, 0.15) is 12.4 Å². The molecular formula is C28H42BN3O3.